The number of ketones is 1. The van der Waals surface area contributed by atoms with Crippen molar-refractivity contribution in [2.75, 3.05) is 0 Å². The lowest BCUT2D eigenvalue weighted by Crippen LogP contribution is -2.04. The van der Waals surface area contributed by atoms with Crippen LogP contribution in [0.3, 0.4) is 0 Å². The highest BCUT2D eigenvalue weighted by Crippen LogP contribution is 2.24. The van der Waals surface area contributed by atoms with Crippen molar-refractivity contribution in [2.24, 2.45) is 0 Å². The quantitative estimate of drug-likeness (QED) is 0.750. The van der Waals surface area contributed by atoms with E-state index >= 15 is 0 Å². The number of carbonyl (C=O) groups excluding carboxylic acids is 1. The third kappa shape index (κ3) is 3.17. The zero-order valence-electron chi connectivity index (χ0n) is 11.0. The number of carbonyl (C=O) groups is 1. The van der Waals surface area contributed by atoms with E-state index in [1.807, 2.05) is 0 Å². The molecule has 0 aromatic heterocycles. The third-order valence-corrected chi connectivity index (χ3v) is 3.35. The Hall–Kier alpha value is -1.87. The van der Waals surface area contributed by atoms with Crippen molar-refractivity contribution >= 4 is 17.4 Å². The van der Waals surface area contributed by atoms with Crippen molar-refractivity contribution in [2.45, 2.75) is 20.0 Å². The Bertz CT molecular complexity index is 626. The van der Waals surface area contributed by atoms with Crippen LogP contribution in [0.25, 0.3) is 0 Å². The first-order valence-electron chi connectivity index (χ1n) is 6.31. The van der Waals surface area contributed by atoms with E-state index in [-0.39, 0.29) is 17.4 Å². The van der Waals surface area contributed by atoms with Crippen LogP contribution in [-0.4, -0.2) is 5.78 Å². The van der Waals surface area contributed by atoms with E-state index in [1.165, 1.54) is 6.07 Å². The molecule has 0 radical (unpaired) electrons. The van der Waals surface area contributed by atoms with Gasteiger partial charge in [-0.1, -0.05) is 42.8 Å². The monoisotopic (exact) mass is 292 g/mol. The predicted octanol–water partition coefficient (Wildman–Crippen LogP) is 4.65. The van der Waals surface area contributed by atoms with Gasteiger partial charge in [-0.25, -0.2) is 4.39 Å². The molecule has 2 rings (SSSR count). The van der Waals surface area contributed by atoms with Crippen LogP contribution in [0.5, 0.6) is 5.75 Å². The van der Waals surface area contributed by atoms with Gasteiger partial charge in [-0.15, -0.1) is 0 Å². The fourth-order valence-electron chi connectivity index (χ4n) is 1.83. The molecule has 0 aliphatic heterocycles. The van der Waals surface area contributed by atoms with E-state index in [2.05, 4.69) is 0 Å². The number of hydrogen-bond donors (Lipinski definition) is 0. The lowest BCUT2D eigenvalue weighted by atomic mass is 10.1. The van der Waals surface area contributed by atoms with Gasteiger partial charge >= 0.3 is 0 Å². The molecule has 4 heteroatoms. The van der Waals surface area contributed by atoms with Crippen molar-refractivity contribution in [1.29, 1.82) is 0 Å². The van der Waals surface area contributed by atoms with Gasteiger partial charge in [0.05, 0.1) is 10.6 Å². The predicted molar refractivity (Wildman–Crippen MR) is 76.8 cm³/mol. The normalized spacial score (nSPS) is 10.3. The summed E-state index contributed by atoms with van der Waals surface area (Å²) in [5, 5.41) is 0.0480. The fraction of sp³-hybridized carbons (Fsp3) is 0.188. The van der Waals surface area contributed by atoms with Gasteiger partial charge in [0.2, 0.25) is 0 Å². The molecule has 0 atom stereocenters. The summed E-state index contributed by atoms with van der Waals surface area (Å²) in [6, 6.07) is 11.6. The molecule has 0 unspecified atom stereocenters. The van der Waals surface area contributed by atoms with Gasteiger partial charge in [0, 0.05) is 12.0 Å². The van der Waals surface area contributed by atoms with Gasteiger partial charge in [-0.2, -0.15) is 0 Å². The van der Waals surface area contributed by atoms with Crippen LogP contribution in [0.15, 0.2) is 42.5 Å². The number of hydrogen-bond acceptors (Lipinski definition) is 2. The Morgan fingerprint density at radius 3 is 2.70 bits per heavy atom. The standard InChI is InChI=1S/C16H14ClFO2/c1-2-14(19)12-7-3-4-9-15(12)20-10-11-6-5-8-13(18)16(11)17/h3-9H,2,10H2,1H3. The molecule has 0 bridgehead atoms. The lowest BCUT2D eigenvalue weighted by molar-refractivity contribution is 0.0983. The average molecular weight is 293 g/mol. The minimum Gasteiger partial charge on any atom is -0.488 e. The third-order valence-electron chi connectivity index (χ3n) is 2.92. The van der Waals surface area contributed by atoms with Gasteiger partial charge in [0.1, 0.15) is 18.2 Å². The SMILES string of the molecule is CCC(=O)c1ccccc1OCc1cccc(F)c1Cl. The summed E-state index contributed by atoms with van der Waals surface area (Å²) in [6.07, 6.45) is 0.404. The lowest BCUT2D eigenvalue weighted by Gasteiger charge is -2.11. The molecule has 20 heavy (non-hydrogen) atoms. The molecule has 0 spiro atoms. The van der Waals surface area contributed by atoms with Crippen LogP contribution < -0.4 is 4.74 Å². The highest BCUT2D eigenvalue weighted by atomic mass is 35.5. The van der Waals surface area contributed by atoms with E-state index in [0.717, 1.165) is 0 Å². The summed E-state index contributed by atoms with van der Waals surface area (Å²) in [5.74, 6) is 0.0105. The maximum Gasteiger partial charge on any atom is 0.166 e. The molecular weight excluding hydrogens is 279 g/mol. The summed E-state index contributed by atoms with van der Waals surface area (Å²) in [7, 11) is 0. The Kier molecular flexibility index (Phi) is 4.74. The van der Waals surface area contributed by atoms with Gasteiger partial charge in [-0.05, 0) is 18.2 Å². The van der Waals surface area contributed by atoms with E-state index in [1.54, 1.807) is 43.3 Å². The van der Waals surface area contributed by atoms with E-state index < -0.39 is 5.82 Å². The van der Waals surface area contributed by atoms with Crippen LogP contribution >= 0.6 is 11.6 Å². The van der Waals surface area contributed by atoms with Crippen LogP contribution in [0.4, 0.5) is 4.39 Å². The maximum absolute atomic E-state index is 13.3. The number of benzene rings is 2. The molecule has 0 N–H and O–H groups in total. The van der Waals surface area contributed by atoms with Gasteiger partial charge in [0.15, 0.2) is 5.78 Å². The molecule has 0 aliphatic carbocycles. The zero-order valence-corrected chi connectivity index (χ0v) is 11.8. The molecule has 0 saturated heterocycles. The number of rotatable bonds is 5. The zero-order chi connectivity index (χ0) is 14.5. The molecule has 104 valence electrons. The van der Waals surface area contributed by atoms with E-state index in [4.69, 9.17) is 16.3 Å². The van der Waals surface area contributed by atoms with Crippen molar-refractivity contribution in [1.82, 2.24) is 0 Å². The summed E-state index contributed by atoms with van der Waals surface area (Å²) in [5.41, 5.74) is 1.08. The Balaban J connectivity index is 2.19. The summed E-state index contributed by atoms with van der Waals surface area (Å²) in [6.45, 7) is 1.91. The molecule has 2 aromatic carbocycles. The Morgan fingerprint density at radius 1 is 1.20 bits per heavy atom. The minimum atomic E-state index is -0.481. The van der Waals surface area contributed by atoms with Gasteiger partial charge < -0.3 is 4.74 Å². The highest BCUT2D eigenvalue weighted by Gasteiger charge is 2.11. The first-order valence-corrected chi connectivity index (χ1v) is 6.69. The topological polar surface area (TPSA) is 26.3 Å². The van der Waals surface area contributed by atoms with Crippen LogP contribution in [0.2, 0.25) is 5.02 Å². The second kappa shape index (κ2) is 6.53. The number of para-hydroxylation sites is 1. The van der Waals surface area contributed by atoms with Crippen molar-refractivity contribution in [3.05, 3.63) is 64.4 Å². The van der Waals surface area contributed by atoms with E-state index in [0.29, 0.717) is 23.3 Å². The average Bonchev–Trinajstić information content (AvgIpc) is 2.48. The van der Waals surface area contributed by atoms with E-state index in [9.17, 15) is 9.18 Å². The Morgan fingerprint density at radius 2 is 1.95 bits per heavy atom. The Labute approximate surface area is 122 Å². The first-order chi connectivity index (χ1) is 9.63. The highest BCUT2D eigenvalue weighted by molar-refractivity contribution is 6.31. The molecule has 0 amide bonds. The summed E-state index contributed by atoms with van der Waals surface area (Å²) >= 11 is 5.87. The van der Waals surface area contributed by atoms with Crippen molar-refractivity contribution in [3.8, 4) is 5.75 Å². The molecule has 2 nitrogen and oxygen atoms in total. The second-order valence-electron chi connectivity index (χ2n) is 4.27. The maximum atomic E-state index is 13.3. The molecular formula is C16H14ClFO2. The number of halogens is 2. The molecule has 0 aliphatic rings. The molecule has 0 saturated carbocycles. The first kappa shape index (κ1) is 14.5. The number of Topliss-reactive ketones (excluding diaryl/α,β-unsaturated/α-hetero) is 1. The van der Waals surface area contributed by atoms with Crippen molar-refractivity contribution in [3.63, 3.8) is 0 Å². The largest absolute Gasteiger partial charge is 0.488 e. The van der Waals surface area contributed by atoms with Gasteiger partial charge in [-0.3, -0.25) is 4.79 Å². The number of ether oxygens (including phenoxy) is 1. The smallest absolute Gasteiger partial charge is 0.166 e. The van der Waals surface area contributed by atoms with Crippen LogP contribution in [0, 0.1) is 5.82 Å². The molecule has 0 heterocycles. The second-order valence-corrected chi connectivity index (χ2v) is 4.65. The van der Waals surface area contributed by atoms with Crippen molar-refractivity contribution < 1.29 is 13.9 Å². The minimum absolute atomic E-state index is 0.00550. The molecule has 0 fully saturated rings. The summed E-state index contributed by atoms with van der Waals surface area (Å²) < 4.78 is 18.9. The molecule has 2 aromatic rings. The summed E-state index contributed by atoms with van der Waals surface area (Å²) in [4.78, 5) is 11.8. The van der Waals surface area contributed by atoms with Crippen LogP contribution in [0.1, 0.15) is 29.3 Å². The van der Waals surface area contributed by atoms with Crippen LogP contribution in [-0.2, 0) is 6.61 Å². The van der Waals surface area contributed by atoms with Gasteiger partial charge in [0.25, 0.3) is 0 Å². The fourth-order valence-corrected chi connectivity index (χ4v) is 2.01.